The molecular weight excluding hydrogens is 406 g/mol. The van der Waals surface area contributed by atoms with Crippen LogP contribution in [0.3, 0.4) is 0 Å². The first kappa shape index (κ1) is 21.8. The van der Waals surface area contributed by atoms with Gasteiger partial charge in [0, 0.05) is 17.1 Å². The van der Waals surface area contributed by atoms with Crippen LogP contribution in [-0.4, -0.2) is 24.9 Å². The first-order valence-corrected chi connectivity index (χ1v) is 8.92. The van der Waals surface area contributed by atoms with Gasteiger partial charge in [-0.25, -0.2) is 0 Å². The summed E-state index contributed by atoms with van der Waals surface area (Å²) in [4.78, 5) is 0. The predicted octanol–water partition coefficient (Wildman–Crippen LogP) is 4.49. The lowest BCUT2D eigenvalue weighted by Gasteiger charge is -2.17. The topological polar surface area (TPSA) is 50.7 Å². The number of rotatable bonds is 9. The van der Waals surface area contributed by atoms with E-state index >= 15 is 0 Å². The molecule has 0 aliphatic rings. The molecule has 0 spiro atoms. The van der Waals surface area contributed by atoms with Gasteiger partial charge in [-0.2, -0.15) is 0 Å². The summed E-state index contributed by atoms with van der Waals surface area (Å²) in [6.07, 6.45) is 0. The Hall–Kier alpha value is -1.27. The van der Waals surface area contributed by atoms with E-state index < -0.39 is 0 Å². The minimum Gasteiger partial charge on any atom is -0.490 e. The van der Waals surface area contributed by atoms with Crippen molar-refractivity contribution in [1.29, 1.82) is 0 Å². The third-order valence-corrected chi connectivity index (χ3v) is 4.40. The van der Waals surface area contributed by atoms with E-state index in [0.29, 0.717) is 24.7 Å². The lowest BCUT2D eigenvalue weighted by molar-refractivity contribution is 0.194. The molecule has 0 saturated heterocycles. The van der Waals surface area contributed by atoms with E-state index in [1.54, 1.807) is 0 Å². The molecule has 0 amide bonds. The van der Waals surface area contributed by atoms with Gasteiger partial charge in [-0.1, -0.05) is 46.3 Å². The number of nitrogens with one attached hydrogen (secondary N) is 1. The molecular formula is C19H25BrClNO3. The van der Waals surface area contributed by atoms with E-state index in [4.69, 9.17) is 14.6 Å². The molecule has 2 N–H and O–H groups in total. The van der Waals surface area contributed by atoms with Gasteiger partial charge in [-0.3, -0.25) is 0 Å². The van der Waals surface area contributed by atoms with Crippen LogP contribution in [0.2, 0.25) is 0 Å². The maximum Gasteiger partial charge on any atom is 0.162 e. The van der Waals surface area contributed by atoms with Crippen LogP contribution in [0.4, 0.5) is 0 Å². The van der Waals surface area contributed by atoms with Crippen LogP contribution in [-0.2, 0) is 6.54 Å². The summed E-state index contributed by atoms with van der Waals surface area (Å²) in [7, 11) is 0. The van der Waals surface area contributed by atoms with Crippen LogP contribution in [0.15, 0.2) is 46.9 Å². The van der Waals surface area contributed by atoms with Crippen molar-refractivity contribution in [1.82, 2.24) is 5.32 Å². The first-order chi connectivity index (χ1) is 11.7. The van der Waals surface area contributed by atoms with Gasteiger partial charge < -0.3 is 19.9 Å². The van der Waals surface area contributed by atoms with E-state index in [2.05, 4.69) is 40.3 Å². The highest BCUT2D eigenvalue weighted by Crippen LogP contribution is 2.34. The van der Waals surface area contributed by atoms with Crippen molar-refractivity contribution < 1.29 is 14.6 Å². The zero-order valence-corrected chi connectivity index (χ0v) is 16.9. The van der Waals surface area contributed by atoms with E-state index in [-0.39, 0.29) is 31.7 Å². The molecule has 138 valence electrons. The molecule has 0 saturated carbocycles. The quantitative estimate of drug-likeness (QED) is 0.615. The van der Waals surface area contributed by atoms with Crippen molar-refractivity contribution in [3.05, 3.63) is 58.1 Å². The van der Waals surface area contributed by atoms with Crippen molar-refractivity contribution in [3.63, 3.8) is 0 Å². The number of halogens is 2. The molecule has 0 fully saturated rings. The molecule has 0 heterocycles. The number of aliphatic hydroxyl groups excluding tert-OH is 1. The van der Waals surface area contributed by atoms with Gasteiger partial charge in [0.05, 0.1) is 13.2 Å². The molecule has 2 rings (SSSR count). The Kier molecular flexibility index (Phi) is 9.90. The minimum absolute atomic E-state index is 0. The van der Waals surface area contributed by atoms with Gasteiger partial charge >= 0.3 is 0 Å². The second-order valence-corrected chi connectivity index (χ2v) is 6.26. The molecule has 0 bridgehead atoms. The van der Waals surface area contributed by atoms with E-state index in [9.17, 15) is 0 Å². The number of benzene rings is 2. The molecule has 25 heavy (non-hydrogen) atoms. The van der Waals surface area contributed by atoms with Crippen molar-refractivity contribution >= 4 is 28.3 Å². The molecule has 0 aliphatic carbocycles. The summed E-state index contributed by atoms with van der Waals surface area (Å²) >= 11 is 3.59. The summed E-state index contributed by atoms with van der Waals surface area (Å²) in [5, 5.41) is 12.5. The van der Waals surface area contributed by atoms with Crippen LogP contribution in [0.1, 0.15) is 31.0 Å². The first-order valence-electron chi connectivity index (χ1n) is 8.13. The Morgan fingerprint density at radius 2 is 1.80 bits per heavy atom. The second-order valence-electron chi connectivity index (χ2n) is 5.41. The molecule has 6 heteroatoms. The molecule has 4 nitrogen and oxygen atoms in total. The molecule has 0 radical (unpaired) electrons. The van der Waals surface area contributed by atoms with Crippen LogP contribution < -0.4 is 14.8 Å². The zero-order chi connectivity index (χ0) is 17.4. The van der Waals surface area contributed by atoms with Gasteiger partial charge in [-0.05, 0) is 37.1 Å². The maximum absolute atomic E-state index is 8.94. The van der Waals surface area contributed by atoms with Crippen LogP contribution >= 0.6 is 28.3 Å². The largest absolute Gasteiger partial charge is 0.490 e. The minimum atomic E-state index is -0.0267. The Morgan fingerprint density at radius 1 is 1.12 bits per heavy atom. The molecule has 2 aromatic rings. The summed E-state index contributed by atoms with van der Waals surface area (Å²) in [5.74, 6) is 1.33. The number of aliphatic hydroxyl groups is 1. The maximum atomic E-state index is 8.94. The molecule has 0 aliphatic heterocycles. The number of hydrogen-bond donors (Lipinski definition) is 2. The third-order valence-electron chi connectivity index (χ3n) is 3.66. The van der Waals surface area contributed by atoms with Crippen molar-refractivity contribution in [2.24, 2.45) is 0 Å². The molecule has 0 aromatic heterocycles. The van der Waals surface area contributed by atoms with E-state index in [1.807, 2.05) is 37.3 Å². The Labute approximate surface area is 164 Å². The Bertz CT molecular complexity index is 640. The average molecular weight is 431 g/mol. The van der Waals surface area contributed by atoms with Crippen molar-refractivity contribution in [2.75, 3.05) is 19.8 Å². The van der Waals surface area contributed by atoms with Crippen molar-refractivity contribution in [3.8, 4) is 11.5 Å². The van der Waals surface area contributed by atoms with Crippen LogP contribution in [0.25, 0.3) is 0 Å². The summed E-state index contributed by atoms with van der Waals surface area (Å²) < 4.78 is 12.2. The Balaban J connectivity index is 0.00000312. The van der Waals surface area contributed by atoms with E-state index in [0.717, 1.165) is 10.0 Å². The lowest BCUT2D eigenvalue weighted by atomic mass is 10.1. The van der Waals surface area contributed by atoms with Gasteiger partial charge in [0.1, 0.15) is 6.61 Å². The highest BCUT2D eigenvalue weighted by atomic mass is 79.9. The predicted molar refractivity (Wildman–Crippen MR) is 107 cm³/mol. The highest BCUT2D eigenvalue weighted by molar-refractivity contribution is 9.10. The highest BCUT2D eigenvalue weighted by Gasteiger charge is 2.12. The van der Waals surface area contributed by atoms with Crippen LogP contribution in [0.5, 0.6) is 11.5 Å². The smallest absolute Gasteiger partial charge is 0.162 e. The summed E-state index contributed by atoms with van der Waals surface area (Å²) in [5.41, 5.74) is 2.35. The van der Waals surface area contributed by atoms with Crippen molar-refractivity contribution in [2.45, 2.75) is 26.4 Å². The van der Waals surface area contributed by atoms with Gasteiger partial charge in [-0.15, -0.1) is 12.4 Å². The second kappa shape index (κ2) is 11.4. The molecule has 2 aromatic carbocycles. The third kappa shape index (κ3) is 6.51. The molecule has 1 unspecified atom stereocenters. The monoisotopic (exact) mass is 429 g/mol. The van der Waals surface area contributed by atoms with Gasteiger partial charge in [0.15, 0.2) is 11.5 Å². The summed E-state index contributed by atoms with van der Waals surface area (Å²) in [6, 6.07) is 14.5. The fourth-order valence-corrected chi connectivity index (χ4v) is 2.83. The fraction of sp³-hybridized carbons (Fsp3) is 0.368. The average Bonchev–Trinajstić information content (AvgIpc) is 2.61. The molecule has 1 atom stereocenters. The zero-order valence-electron chi connectivity index (χ0n) is 14.5. The SMILES string of the molecule is CCOc1cc(CNC(C)c2ccccc2)c(Br)cc1OCCO.Cl. The lowest BCUT2D eigenvalue weighted by Crippen LogP contribution is -2.18. The fourth-order valence-electron chi connectivity index (χ4n) is 2.37. The normalized spacial score (nSPS) is 11.5. The van der Waals surface area contributed by atoms with Gasteiger partial charge in [0.25, 0.3) is 0 Å². The Morgan fingerprint density at radius 3 is 2.44 bits per heavy atom. The van der Waals surface area contributed by atoms with E-state index in [1.165, 1.54) is 5.56 Å². The summed E-state index contributed by atoms with van der Waals surface area (Å²) in [6.45, 7) is 5.57. The van der Waals surface area contributed by atoms with Gasteiger partial charge in [0.2, 0.25) is 0 Å². The number of ether oxygens (including phenoxy) is 2. The van der Waals surface area contributed by atoms with Crippen LogP contribution in [0, 0.1) is 0 Å². The standard InChI is InChI=1S/C19H24BrNO3.ClH/c1-3-23-18-11-16(17(20)12-19(18)24-10-9-22)13-21-14(2)15-7-5-4-6-8-15;/h4-8,11-12,14,21-22H,3,9-10,13H2,1-2H3;1H. The number of hydrogen-bond acceptors (Lipinski definition) is 4.